The quantitative estimate of drug-likeness (QED) is 0.828. The van der Waals surface area contributed by atoms with Gasteiger partial charge in [0, 0.05) is 25.6 Å². The van der Waals surface area contributed by atoms with E-state index in [0.29, 0.717) is 0 Å². The normalized spacial score (nSPS) is 10.9. The van der Waals surface area contributed by atoms with Crippen LogP contribution in [0.2, 0.25) is 0 Å². The van der Waals surface area contributed by atoms with E-state index in [0.717, 1.165) is 52.6 Å². The third kappa shape index (κ3) is 3.53. The molecule has 1 N–H and O–H groups in total. The van der Waals surface area contributed by atoms with Crippen molar-refractivity contribution < 1.29 is 0 Å². The number of aryl methyl sites for hydroxylation is 2. The van der Waals surface area contributed by atoms with Crippen molar-refractivity contribution in [1.82, 2.24) is 24.7 Å². The number of hydrogen-bond acceptors (Lipinski definition) is 6. The van der Waals surface area contributed by atoms with Crippen LogP contribution in [0, 0.1) is 13.8 Å². The summed E-state index contributed by atoms with van der Waals surface area (Å²) in [4.78, 5) is 9.22. The van der Waals surface area contributed by atoms with E-state index in [1.165, 1.54) is 11.8 Å². The van der Waals surface area contributed by atoms with Gasteiger partial charge in [0.2, 0.25) is 0 Å². The Bertz CT molecular complexity index is 622. The molecule has 0 aliphatic carbocycles. The Morgan fingerprint density at radius 3 is 2.48 bits per heavy atom. The zero-order valence-electron chi connectivity index (χ0n) is 13.3. The lowest BCUT2D eigenvalue weighted by Crippen LogP contribution is -2.08. The lowest BCUT2D eigenvalue weighted by molar-refractivity contribution is 0.762. The summed E-state index contributed by atoms with van der Waals surface area (Å²) in [5.41, 5.74) is 1.06. The van der Waals surface area contributed by atoms with Crippen LogP contribution in [0.4, 0.5) is 5.82 Å². The maximum atomic E-state index is 4.64. The predicted octanol–water partition coefficient (Wildman–Crippen LogP) is 2.76. The number of hydrogen-bond donors (Lipinski definition) is 1. The molecule has 21 heavy (non-hydrogen) atoms. The van der Waals surface area contributed by atoms with Crippen molar-refractivity contribution >= 4 is 17.6 Å². The zero-order chi connectivity index (χ0) is 15.4. The first-order valence-electron chi connectivity index (χ1n) is 7.22. The molecule has 0 saturated carbocycles. The van der Waals surface area contributed by atoms with Gasteiger partial charge < -0.3 is 9.88 Å². The van der Waals surface area contributed by atoms with Gasteiger partial charge in [-0.3, -0.25) is 0 Å². The van der Waals surface area contributed by atoms with Crippen LogP contribution < -0.4 is 5.32 Å². The highest BCUT2D eigenvalue weighted by Gasteiger charge is 2.14. The van der Waals surface area contributed by atoms with Gasteiger partial charge in [-0.15, -0.1) is 10.2 Å². The second kappa shape index (κ2) is 6.89. The molecule has 0 aliphatic rings. The van der Waals surface area contributed by atoms with Crippen molar-refractivity contribution in [3.63, 3.8) is 0 Å². The van der Waals surface area contributed by atoms with E-state index in [9.17, 15) is 0 Å². The Morgan fingerprint density at radius 1 is 1.14 bits per heavy atom. The molecular weight excluding hydrogens is 284 g/mol. The fraction of sp³-hybridized carbons (Fsp3) is 0.571. The Labute approximate surface area is 129 Å². The first kappa shape index (κ1) is 15.8. The number of anilines is 1. The highest BCUT2D eigenvalue weighted by Crippen LogP contribution is 2.30. The molecule has 114 valence electrons. The van der Waals surface area contributed by atoms with Gasteiger partial charge in [0.1, 0.15) is 22.5 Å². The van der Waals surface area contributed by atoms with Crippen LogP contribution in [-0.4, -0.2) is 31.3 Å². The van der Waals surface area contributed by atoms with Gasteiger partial charge in [0.05, 0.1) is 0 Å². The Morgan fingerprint density at radius 2 is 1.90 bits per heavy atom. The molecule has 0 radical (unpaired) electrons. The third-order valence-corrected chi connectivity index (χ3v) is 4.38. The van der Waals surface area contributed by atoms with Crippen molar-refractivity contribution in [2.24, 2.45) is 7.05 Å². The maximum absolute atomic E-state index is 4.64. The van der Waals surface area contributed by atoms with Crippen LogP contribution >= 0.6 is 11.8 Å². The van der Waals surface area contributed by atoms with Gasteiger partial charge in [0.25, 0.3) is 0 Å². The summed E-state index contributed by atoms with van der Waals surface area (Å²) in [7, 11) is 1.96. The van der Waals surface area contributed by atoms with Gasteiger partial charge in [0.15, 0.2) is 5.16 Å². The topological polar surface area (TPSA) is 68.5 Å². The van der Waals surface area contributed by atoms with Crippen LogP contribution in [0.15, 0.2) is 10.2 Å². The monoisotopic (exact) mass is 306 g/mol. The number of aromatic nitrogens is 5. The van der Waals surface area contributed by atoms with Gasteiger partial charge in [-0.05, 0) is 32.0 Å². The van der Waals surface area contributed by atoms with Gasteiger partial charge in [-0.2, -0.15) is 0 Å². The first-order valence-corrected chi connectivity index (χ1v) is 8.03. The summed E-state index contributed by atoms with van der Waals surface area (Å²) in [5, 5.41) is 13.4. The van der Waals surface area contributed by atoms with Crippen LogP contribution in [0.5, 0.6) is 0 Å². The highest BCUT2D eigenvalue weighted by molar-refractivity contribution is 7.99. The molecule has 0 bridgehead atoms. The summed E-state index contributed by atoms with van der Waals surface area (Å²) in [6, 6.07) is 0. The Kier molecular flexibility index (Phi) is 5.17. The molecule has 2 heterocycles. The van der Waals surface area contributed by atoms with E-state index in [-0.39, 0.29) is 0 Å². The fourth-order valence-corrected chi connectivity index (χ4v) is 2.70. The van der Waals surface area contributed by atoms with Crippen molar-refractivity contribution in [2.75, 3.05) is 11.9 Å². The number of nitrogens with zero attached hydrogens (tertiary/aromatic N) is 5. The third-order valence-electron chi connectivity index (χ3n) is 3.25. The molecule has 2 rings (SSSR count). The molecule has 2 aromatic heterocycles. The second-order valence-corrected chi connectivity index (χ2v) is 5.85. The van der Waals surface area contributed by atoms with Crippen LogP contribution in [0.1, 0.15) is 37.5 Å². The van der Waals surface area contributed by atoms with Crippen molar-refractivity contribution in [2.45, 2.75) is 50.7 Å². The summed E-state index contributed by atoms with van der Waals surface area (Å²) in [6.45, 7) is 9.10. The van der Waals surface area contributed by atoms with E-state index in [2.05, 4.69) is 39.3 Å². The number of rotatable bonds is 6. The van der Waals surface area contributed by atoms with Gasteiger partial charge in [-0.25, -0.2) is 9.97 Å². The zero-order valence-corrected chi connectivity index (χ0v) is 14.1. The van der Waals surface area contributed by atoms with Gasteiger partial charge >= 0.3 is 0 Å². The van der Waals surface area contributed by atoms with Crippen LogP contribution in [0.25, 0.3) is 0 Å². The van der Waals surface area contributed by atoms with Crippen molar-refractivity contribution in [3.05, 3.63) is 17.2 Å². The molecule has 0 aliphatic heterocycles. The van der Waals surface area contributed by atoms with E-state index in [1.807, 2.05) is 25.5 Å². The predicted molar refractivity (Wildman–Crippen MR) is 84.8 cm³/mol. The van der Waals surface area contributed by atoms with Crippen molar-refractivity contribution in [3.8, 4) is 0 Å². The van der Waals surface area contributed by atoms with Crippen LogP contribution in [0.3, 0.4) is 0 Å². The molecule has 7 heteroatoms. The Balaban J connectivity index is 2.35. The van der Waals surface area contributed by atoms with E-state index in [1.54, 1.807) is 0 Å². The smallest absolute Gasteiger partial charge is 0.197 e. The van der Waals surface area contributed by atoms with E-state index in [4.69, 9.17) is 0 Å². The molecular formula is C14H22N6S. The molecule has 0 aromatic carbocycles. The summed E-state index contributed by atoms with van der Waals surface area (Å²) in [6.07, 6.45) is 1.88. The second-order valence-electron chi connectivity index (χ2n) is 4.89. The molecule has 0 saturated heterocycles. The Hall–Kier alpha value is -1.63. The molecule has 6 nitrogen and oxygen atoms in total. The van der Waals surface area contributed by atoms with E-state index < -0.39 is 0 Å². The van der Waals surface area contributed by atoms with E-state index >= 15 is 0 Å². The lowest BCUT2D eigenvalue weighted by Gasteiger charge is -2.12. The molecule has 0 amide bonds. The lowest BCUT2D eigenvalue weighted by atomic mass is 10.3. The summed E-state index contributed by atoms with van der Waals surface area (Å²) in [5.74, 6) is 2.66. The maximum Gasteiger partial charge on any atom is 0.197 e. The molecule has 0 fully saturated rings. The largest absolute Gasteiger partial charge is 0.370 e. The number of nitrogens with one attached hydrogen (secondary N) is 1. The first-order chi connectivity index (χ1) is 10.1. The molecule has 0 spiro atoms. The van der Waals surface area contributed by atoms with Crippen molar-refractivity contribution in [1.29, 1.82) is 0 Å². The average Bonchev–Trinajstić information content (AvgIpc) is 2.80. The highest BCUT2D eigenvalue weighted by atomic mass is 32.2. The minimum absolute atomic E-state index is 0.812. The van der Waals surface area contributed by atoms with Crippen LogP contribution in [-0.2, 0) is 13.5 Å². The van der Waals surface area contributed by atoms with Gasteiger partial charge in [-0.1, -0.05) is 13.8 Å². The SMILES string of the molecule is CCCNc1nc(CC)nc(Sc2nnc(C)n2C)c1C. The molecule has 0 unspecified atom stereocenters. The average molecular weight is 306 g/mol. The fourth-order valence-electron chi connectivity index (χ4n) is 1.78. The standard InChI is InChI=1S/C14H22N6S/c1-6-8-15-12-9(3)13(17-11(7-2)16-12)21-14-19-18-10(4)20(14)5/h6-8H2,1-5H3,(H,15,16,17). The minimum Gasteiger partial charge on any atom is -0.370 e. The summed E-state index contributed by atoms with van der Waals surface area (Å²) >= 11 is 1.54. The molecule has 2 aromatic rings. The molecule has 0 atom stereocenters. The minimum atomic E-state index is 0.812. The summed E-state index contributed by atoms with van der Waals surface area (Å²) < 4.78 is 1.97.